The van der Waals surface area contributed by atoms with E-state index in [1.54, 1.807) is 0 Å². The Hall–Kier alpha value is -1.71. The Labute approximate surface area is 141 Å². The molecule has 1 saturated carbocycles. The van der Waals surface area contributed by atoms with Crippen LogP contribution in [0.25, 0.3) is 0 Å². The molecule has 3 rings (SSSR count). The molecule has 8 nitrogen and oxygen atoms in total. The van der Waals surface area contributed by atoms with Crippen molar-refractivity contribution in [3.63, 3.8) is 0 Å². The Morgan fingerprint density at radius 2 is 2.04 bits per heavy atom. The third-order valence-electron chi connectivity index (χ3n) is 4.74. The van der Waals surface area contributed by atoms with E-state index in [1.807, 2.05) is 0 Å². The van der Waals surface area contributed by atoms with Crippen LogP contribution in [0.5, 0.6) is 0 Å². The third-order valence-corrected chi connectivity index (χ3v) is 6.16. The highest BCUT2D eigenvalue weighted by Crippen LogP contribution is 2.35. The maximum absolute atomic E-state index is 11.8. The van der Waals surface area contributed by atoms with Gasteiger partial charge in [0.1, 0.15) is 5.69 Å². The van der Waals surface area contributed by atoms with Crippen LogP contribution in [0.15, 0.2) is 23.1 Å². The summed E-state index contributed by atoms with van der Waals surface area (Å²) in [5.74, 6) is 0. The Morgan fingerprint density at radius 3 is 2.62 bits per heavy atom. The molecule has 9 heteroatoms. The third kappa shape index (κ3) is 3.38. The molecule has 2 unspecified atom stereocenters. The monoisotopic (exact) mass is 354 g/mol. The molecule has 2 N–H and O–H groups in total. The number of nitrogens with one attached hydrogen (secondary N) is 2. The van der Waals surface area contributed by atoms with Crippen LogP contribution in [0, 0.1) is 10.1 Å². The average Bonchev–Trinajstić information content (AvgIpc) is 3.31. The normalized spacial score (nSPS) is 24.9. The molecule has 1 heterocycles. The molecule has 0 aromatic heterocycles. The zero-order valence-electron chi connectivity index (χ0n) is 13.7. The molecule has 2 fully saturated rings. The predicted molar refractivity (Wildman–Crippen MR) is 90.6 cm³/mol. The number of benzene rings is 1. The van der Waals surface area contributed by atoms with Crippen molar-refractivity contribution in [1.29, 1.82) is 0 Å². The van der Waals surface area contributed by atoms with Crippen molar-refractivity contribution in [2.45, 2.75) is 49.2 Å². The van der Waals surface area contributed by atoms with Gasteiger partial charge in [-0.15, -0.1) is 0 Å². The highest BCUT2D eigenvalue weighted by atomic mass is 32.2. The molecule has 1 aromatic carbocycles. The number of hydrogen-bond acceptors (Lipinski definition) is 6. The summed E-state index contributed by atoms with van der Waals surface area (Å²) in [7, 11) is -2.43. The van der Waals surface area contributed by atoms with Crippen molar-refractivity contribution in [3.8, 4) is 0 Å². The summed E-state index contributed by atoms with van der Waals surface area (Å²) in [6, 6.07) is 5.21. The number of nitrogens with zero attached hydrogens (tertiary/aromatic N) is 2. The van der Waals surface area contributed by atoms with Crippen LogP contribution in [-0.2, 0) is 10.0 Å². The fourth-order valence-electron chi connectivity index (χ4n) is 3.37. The number of likely N-dealkylation sites (tertiary alicyclic amines) is 1. The molecule has 24 heavy (non-hydrogen) atoms. The fourth-order valence-corrected chi connectivity index (χ4v) is 4.11. The number of sulfonamides is 1. The van der Waals surface area contributed by atoms with Gasteiger partial charge in [-0.2, -0.15) is 0 Å². The van der Waals surface area contributed by atoms with Crippen molar-refractivity contribution in [2.24, 2.45) is 0 Å². The standard InChI is InChI=1S/C15H22N4O4S/c1-10-7-11(9-18(10)12-3-4-12)17-14-6-5-13(24(22,23)16-2)8-15(14)19(20)21/h5-6,8,10-12,16-17H,3-4,7,9H2,1-2H3. The van der Waals surface area contributed by atoms with Gasteiger partial charge in [-0.25, -0.2) is 13.1 Å². The second-order valence-electron chi connectivity index (χ2n) is 6.50. The van der Waals surface area contributed by atoms with Crippen molar-refractivity contribution >= 4 is 21.4 Å². The van der Waals surface area contributed by atoms with E-state index in [1.165, 1.54) is 32.0 Å². The lowest BCUT2D eigenvalue weighted by molar-refractivity contribution is -0.384. The van der Waals surface area contributed by atoms with Crippen molar-refractivity contribution in [1.82, 2.24) is 9.62 Å². The summed E-state index contributed by atoms with van der Waals surface area (Å²) in [4.78, 5) is 13.1. The molecule has 1 saturated heterocycles. The van der Waals surface area contributed by atoms with Gasteiger partial charge in [-0.05, 0) is 45.4 Å². The largest absolute Gasteiger partial charge is 0.375 e. The van der Waals surface area contributed by atoms with Gasteiger partial charge < -0.3 is 5.32 Å². The van der Waals surface area contributed by atoms with E-state index in [-0.39, 0.29) is 16.6 Å². The molecular weight excluding hydrogens is 332 g/mol. The lowest BCUT2D eigenvalue weighted by Crippen LogP contribution is -2.31. The van der Waals surface area contributed by atoms with Crippen molar-refractivity contribution in [2.75, 3.05) is 18.9 Å². The zero-order chi connectivity index (χ0) is 17.5. The highest BCUT2D eigenvalue weighted by molar-refractivity contribution is 7.89. The Balaban J connectivity index is 1.81. The topological polar surface area (TPSA) is 105 Å². The Morgan fingerprint density at radius 1 is 1.33 bits per heavy atom. The summed E-state index contributed by atoms with van der Waals surface area (Å²) < 4.78 is 25.8. The maximum atomic E-state index is 11.8. The molecular formula is C15H22N4O4S. The first-order valence-electron chi connectivity index (χ1n) is 8.06. The van der Waals surface area contributed by atoms with Gasteiger partial charge in [0, 0.05) is 30.7 Å². The van der Waals surface area contributed by atoms with E-state index < -0.39 is 14.9 Å². The SMILES string of the molecule is CNS(=O)(=O)c1ccc(NC2CC(C)N(C3CC3)C2)c([N+](=O)[O-])c1. The van der Waals surface area contributed by atoms with Gasteiger partial charge >= 0.3 is 0 Å². The van der Waals surface area contributed by atoms with Crippen LogP contribution >= 0.6 is 0 Å². The van der Waals surface area contributed by atoms with E-state index in [0.29, 0.717) is 17.8 Å². The van der Waals surface area contributed by atoms with E-state index in [2.05, 4.69) is 21.9 Å². The minimum Gasteiger partial charge on any atom is -0.375 e. The lowest BCUT2D eigenvalue weighted by atomic mass is 10.1. The Kier molecular flexibility index (Phi) is 4.50. The van der Waals surface area contributed by atoms with Gasteiger partial charge in [-0.1, -0.05) is 0 Å². The molecule has 1 aliphatic carbocycles. The minimum absolute atomic E-state index is 0.110. The fraction of sp³-hybridized carbons (Fsp3) is 0.600. The van der Waals surface area contributed by atoms with Crippen molar-refractivity contribution in [3.05, 3.63) is 28.3 Å². The molecule has 0 bridgehead atoms. The number of nitro groups is 1. The molecule has 0 spiro atoms. The Bertz CT molecular complexity index is 748. The first-order valence-corrected chi connectivity index (χ1v) is 9.54. The average molecular weight is 354 g/mol. The molecule has 2 atom stereocenters. The molecule has 132 valence electrons. The molecule has 1 aliphatic heterocycles. The van der Waals surface area contributed by atoms with Gasteiger partial charge in [0.2, 0.25) is 10.0 Å². The second-order valence-corrected chi connectivity index (χ2v) is 8.38. The summed E-state index contributed by atoms with van der Waals surface area (Å²) in [5, 5.41) is 14.6. The van der Waals surface area contributed by atoms with Crippen LogP contribution in [0.3, 0.4) is 0 Å². The summed E-state index contributed by atoms with van der Waals surface area (Å²) in [6.07, 6.45) is 3.38. The molecule has 0 radical (unpaired) electrons. The summed E-state index contributed by atoms with van der Waals surface area (Å²) >= 11 is 0. The molecule has 2 aliphatic rings. The van der Waals surface area contributed by atoms with E-state index in [0.717, 1.165) is 19.0 Å². The lowest BCUT2D eigenvalue weighted by Gasteiger charge is -2.20. The maximum Gasteiger partial charge on any atom is 0.293 e. The number of anilines is 1. The second kappa shape index (κ2) is 6.30. The summed E-state index contributed by atoms with van der Waals surface area (Å²) in [5.41, 5.74) is 0.147. The van der Waals surface area contributed by atoms with Crippen LogP contribution in [0.2, 0.25) is 0 Å². The molecule has 1 aromatic rings. The van der Waals surface area contributed by atoms with E-state index in [9.17, 15) is 18.5 Å². The smallest absolute Gasteiger partial charge is 0.293 e. The van der Waals surface area contributed by atoms with Gasteiger partial charge in [-0.3, -0.25) is 15.0 Å². The van der Waals surface area contributed by atoms with Crippen LogP contribution in [0.4, 0.5) is 11.4 Å². The highest BCUT2D eigenvalue weighted by Gasteiger charge is 2.39. The zero-order valence-corrected chi connectivity index (χ0v) is 14.5. The predicted octanol–water partition coefficient (Wildman–Crippen LogP) is 1.54. The number of rotatable bonds is 6. The van der Waals surface area contributed by atoms with Crippen molar-refractivity contribution < 1.29 is 13.3 Å². The minimum atomic E-state index is -3.71. The van der Waals surface area contributed by atoms with Gasteiger partial charge in [0.05, 0.1) is 9.82 Å². The first-order chi connectivity index (χ1) is 11.3. The quantitative estimate of drug-likeness (QED) is 0.593. The van der Waals surface area contributed by atoms with E-state index in [4.69, 9.17) is 0 Å². The first kappa shape index (κ1) is 17.1. The van der Waals surface area contributed by atoms with Gasteiger partial charge in [0.15, 0.2) is 0 Å². The van der Waals surface area contributed by atoms with E-state index >= 15 is 0 Å². The number of hydrogen-bond donors (Lipinski definition) is 2. The molecule has 0 amide bonds. The van der Waals surface area contributed by atoms with Crippen LogP contribution in [0.1, 0.15) is 26.2 Å². The summed E-state index contributed by atoms with van der Waals surface area (Å²) in [6.45, 7) is 3.04. The number of nitro benzene ring substituents is 1. The van der Waals surface area contributed by atoms with Gasteiger partial charge in [0.25, 0.3) is 5.69 Å². The van der Waals surface area contributed by atoms with Crippen LogP contribution < -0.4 is 10.0 Å². The van der Waals surface area contributed by atoms with Crippen LogP contribution in [-0.4, -0.2) is 50.0 Å².